The first kappa shape index (κ1) is 10.6. The van der Waals surface area contributed by atoms with Crippen molar-refractivity contribution in [2.75, 3.05) is 13.1 Å². The summed E-state index contributed by atoms with van der Waals surface area (Å²) in [4.78, 5) is 3.54. The lowest BCUT2D eigenvalue weighted by Gasteiger charge is -2.12. The highest BCUT2D eigenvalue weighted by atomic mass is 14.9. The number of nitrogens with one attached hydrogen (secondary N) is 2. The number of hydrogen-bond acceptors (Lipinski definition) is 1. The standard InChI is InChI=1S/C15H18N2/c1-2-11-4-3-5-14-13(11)10-15(17-14)12-6-8-16-9-7-12/h3-6,10,16-17H,2,7-9H2,1H3. The summed E-state index contributed by atoms with van der Waals surface area (Å²) >= 11 is 0. The van der Waals surface area contributed by atoms with Crippen molar-refractivity contribution in [1.82, 2.24) is 10.3 Å². The van der Waals surface area contributed by atoms with Crippen LogP contribution in [0.1, 0.15) is 24.6 Å². The van der Waals surface area contributed by atoms with E-state index >= 15 is 0 Å². The van der Waals surface area contributed by atoms with Gasteiger partial charge in [-0.2, -0.15) is 0 Å². The van der Waals surface area contributed by atoms with Crippen LogP contribution >= 0.6 is 0 Å². The van der Waals surface area contributed by atoms with Crippen LogP contribution < -0.4 is 5.32 Å². The molecule has 0 amide bonds. The van der Waals surface area contributed by atoms with E-state index in [4.69, 9.17) is 0 Å². The second-order valence-corrected chi connectivity index (χ2v) is 4.60. The van der Waals surface area contributed by atoms with Crippen molar-refractivity contribution in [3.8, 4) is 0 Å². The van der Waals surface area contributed by atoms with Crippen molar-refractivity contribution in [2.45, 2.75) is 19.8 Å². The Morgan fingerprint density at radius 1 is 1.29 bits per heavy atom. The molecule has 2 heterocycles. The topological polar surface area (TPSA) is 27.8 Å². The zero-order valence-electron chi connectivity index (χ0n) is 10.2. The van der Waals surface area contributed by atoms with E-state index in [2.05, 4.69) is 47.6 Å². The summed E-state index contributed by atoms with van der Waals surface area (Å²) in [5.74, 6) is 0. The van der Waals surface area contributed by atoms with Gasteiger partial charge in [0.1, 0.15) is 0 Å². The number of benzene rings is 1. The highest BCUT2D eigenvalue weighted by Crippen LogP contribution is 2.26. The summed E-state index contributed by atoms with van der Waals surface area (Å²) in [6.07, 6.45) is 4.50. The fraction of sp³-hybridized carbons (Fsp3) is 0.333. The molecule has 3 rings (SSSR count). The van der Waals surface area contributed by atoms with Gasteiger partial charge in [-0.25, -0.2) is 0 Å². The summed E-state index contributed by atoms with van der Waals surface area (Å²) in [6.45, 7) is 4.29. The van der Waals surface area contributed by atoms with E-state index in [1.165, 1.54) is 27.7 Å². The number of fused-ring (bicyclic) bond motifs is 1. The summed E-state index contributed by atoms with van der Waals surface area (Å²) in [5, 5.41) is 4.73. The van der Waals surface area contributed by atoms with Crippen LogP contribution in [0.25, 0.3) is 16.5 Å². The summed E-state index contributed by atoms with van der Waals surface area (Å²) in [6, 6.07) is 8.83. The van der Waals surface area contributed by atoms with Gasteiger partial charge in [-0.15, -0.1) is 0 Å². The molecule has 1 aromatic carbocycles. The predicted molar refractivity (Wildman–Crippen MR) is 73.1 cm³/mol. The lowest BCUT2D eigenvalue weighted by molar-refractivity contribution is 0.737. The average Bonchev–Trinajstić information content (AvgIpc) is 2.83. The Morgan fingerprint density at radius 3 is 3.00 bits per heavy atom. The third kappa shape index (κ3) is 1.89. The molecule has 0 spiro atoms. The van der Waals surface area contributed by atoms with Crippen molar-refractivity contribution < 1.29 is 0 Å². The zero-order chi connectivity index (χ0) is 11.7. The van der Waals surface area contributed by atoms with Gasteiger partial charge in [0.25, 0.3) is 0 Å². The largest absolute Gasteiger partial charge is 0.355 e. The highest BCUT2D eigenvalue weighted by molar-refractivity contribution is 5.87. The van der Waals surface area contributed by atoms with Crippen LogP contribution in [0.4, 0.5) is 0 Å². The molecule has 2 heteroatoms. The number of aromatic nitrogens is 1. The van der Waals surface area contributed by atoms with Crippen LogP contribution in [-0.2, 0) is 6.42 Å². The molecule has 88 valence electrons. The molecule has 1 aromatic heterocycles. The molecule has 1 aliphatic heterocycles. The molecule has 17 heavy (non-hydrogen) atoms. The molecule has 2 aromatic rings. The zero-order valence-corrected chi connectivity index (χ0v) is 10.2. The molecule has 2 N–H and O–H groups in total. The first-order valence-corrected chi connectivity index (χ1v) is 6.39. The van der Waals surface area contributed by atoms with Crippen LogP contribution in [0.5, 0.6) is 0 Å². The minimum atomic E-state index is 0.991. The Morgan fingerprint density at radius 2 is 2.24 bits per heavy atom. The summed E-state index contributed by atoms with van der Waals surface area (Å²) in [5.41, 5.74) is 5.43. The van der Waals surface area contributed by atoms with Crippen LogP contribution in [0.3, 0.4) is 0 Å². The van der Waals surface area contributed by atoms with Gasteiger partial charge in [0.05, 0.1) is 0 Å². The molecule has 0 unspecified atom stereocenters. The second-order valence-electron chi connectivity index (χ2n) is 4.60. The Bertz CT molecular complexity index is 563. The Labute approximate surface area is 102 Å². The van der Waals surface area contributed by atoms with E-state index < -0.39 is 0 Å². The van der Waals surface area contributed by atoms with Gasteiger partial charge in [-0.3, -0.25) is 0 Å². The van der Waals surface area contributed by atoms with Crippen LogP contribution in [0.15, 0.2) is 30.3 Å². The SMILES string of the molecule is CCc1cccc2[nH]c(C3=CCNCC3)cc12. The van der Waals surface area contributed by atoms with E-state index in [1.54, 1.807) is 0 Å². The number of aromatic amines is 1. The van der Waals surface area contributed by atoms with Crippen molar-refractivity contribution in [1.29, 1.82) is 0 Å². The minimum absolute atomic E-state index is 0.991. The Balaban J connectivity index is 2.10. The molecule has 2 nitrogen and oxygen atoms in total. The molecule has 1 aliphatic rings. The quantitative estimate of drug-likeness (QED) is 0.809. The maximum atomic E-state index is 3.54. The lowest BCUT2D eigenvalue weighted by atomic mass is 10.0. The predicted octanol–water partition coefficient (Wildman–Crippen LogP) is 3.11. The van der Waals surface area contributed by atoms with Crippen LogP contribution in [0, 0.1) is 0 Å². The maximum absolute atomic E-state index is 3.54. The van der Waals surface area contributed by atoms with Crippen molar-refractivity contribution in [2.24, 2.45) is 0 Å². The van der Waals surface area contributed by atoms with E-state index in [9.17, 15) is 0 Å². The third-order valence-electron chi connectivity index (χ3n) is 3.55. The number of rotatable bonds is 2. The summed E-state index contributed by atoms with van der Waals surface area (Å²) < 4.78 is 0. The van der Waals surface area contributed by atoms with Gasteiger partial charge in [-0.05, 0) is 42.7 Å². The van der Waals surface area contributed by atoms with Crippen LogP contribution in [0.2, 0.25) is 0 Å². The number of aryl methyl sites for hydroxylation is 1. The second kappa shape index (κ2) is 4.38. The summed E-state index contributed by atoms with van der Waals surface area (Å²) in [7, 11) is 0. The minimum Gasteiger partial charge on any atom is -0.355 e. The molecule has 0 atom stereocenters. The maximum Gasteiger partial charge on any atom is 0.0461 e. The van der Waals surface area contributed by atoms with Crippen molar-refractivity contribution in [3.05, 3.63) is 41.6 Å². The normalized spacial score (nSPS) is 16.2. The van der Waals surface area contributed by atoms with Gasteiger partial charge in [0, 0.05) is 23.1 Å². The number of hydrogen-bond donors (Lipinski definition) is 2. The molecular weight excluding hydrogens is 208 g/mol. The monoisotopic (exact) mass is 226 g/mol. The van der Waals surface area contributed by atoms with E-state index in [-0.39, 0.29) is 0 Å². The number of H-pyrrole nitrogens is 1. The van der Waals surface area contributed by atoms with E-state index in [0.29, 0.717) is 0 Å². The molecule has 0 bridgehead atoms. The first-order valence-electron chi connectivity index (χ1n) is 6.39. The van der Waals surface area contributed by atoms with E-state index in [1.807, 2.05) is 0 Å². The molecule has 0 fully saturated rings. The average molecular weight is 226 g/mol. The van der Waals surface area contributed by atoms with Gasteiger partial charge in [0.2, 0.25) is 0 Å². The van der Waals surface area contributed by atoms with Gasteiger partial charge in [-0.1, -0.05) is 25.1 Å². The smallest absolute Gasteiger partial charge is 0.0461 e. The lowest BCUT2D eigenvalue weighted by Crippen LogP contribution is -2.20. The van der Waals surface area contributed by atoms with Crippen molar-refractivity contribution in [3.63, 3.8) is 0 Å². The fourth-order valence-corrected chi connectivity index (χ4v) is 2.57. The molecular formula is C15H18N2. The third-order valence-corrected chi connectivity index (χ3v) is 3.55. The van der Waals surface area contributed by atoms with Gasteiger partial charge >= 0.3 is 0 Å². The molecule has 0 saturated carbocycles. The van der Waals surface area contributed by atoms with Gasteiger partial charge in [0.15, 0.2) is 0 Å². The van der Waals surface area contributed by atoms with Crippen molar-refractivity contribution >= 4 is 16.5 Å². The Hall–Kier alpha value is -1.54. The molecule has 0 aliphatic carbocycles. The fourth-order valence-electron chi connectivity index (χ4n) is 2.57. The van der Waals surface area contributed by atoms with E-state index in [0.717, 1.165) is 25.9 Å². The highest BCUT2D eigenvalue weighted by Gasteiger charge is 2.09. The van der Waals surface area contributed by atoms with Crippen LogP contribution in [-0.4, -0.2) is 18.1 Å². The first-order chi connectivity index (χ1) is 8.38. The van der Waals surface area contributed by atoms with Gasteiger partial charge < -0.3 is 10.3 Å². The molecule has 0 radical (unpaired) electrons. The Kier molecular flexibility index (Phi) is 2.73. The molecule has 0 saturated heterocycles.